The number of aliphatic hydroxyl groups is 1. The van der Waals surface area contributed by atoms with Gasteiger partial charge in [-0.15, -0.1) is 0 Å². The monoisotopic (exact) mass is 1090 g/mol. The minimum Gasteiger partial charge on any atom is -0.389 e. The lowest BCUT2D eigenvalue weighted by atomic mass is 10.1. The highest BCUT2D eigenvalue weighted by atomic mass is 79.9. The fraction of sp³-hybridized carbons (Fsp3) is 0.314. The van der Waals surface area contributed by atoms with Gasteiger partial charge in [0.25, 0.3) is 0 Å². The summed E-state index contributed by atoms with van der Waals surface area (Å²) in [6.45, 7) is 3.45. The lowest BCUT2D eigenvalue weighted by Crippen LogP contribution is -2.57. The zero-order chi connectivity index (χ0) is 50.8. The largest absolute Gasteiger partial charge is 0.389 e. The number of β-amino-alcohol motifs (C(OH)–C–C–N with tert-alkyl or cyclic N) is 1. The van der Waals surface area contributed by atoms with Gasteiger partial charge in [0.2, 0.25) is 5.91 Å². The Kier molecular flexibility index (Phi) is 12.9. The molecular weight excluding hydrogens is 1050 g/mol. The normalized spacial score (nSPS) is 16.0. The molecule has 2 aromatic carbocycles. The molecule has 4 fully saturated rings. The van der Waals surface area contributed by atoms with Crippen molar-refractivity contribution in [3.63, 3.8) is 0 Å². The molecule has 12 rings (SSSR count). The van der Waals surface area contributed by atoms with Crippen LogP contribution in [0.4, 0.5) is 44.9 Å². The summed E-state index contributed by atoms with van der Waals surface area (Å²) in [5.41, 5.74) is 7.76. The van der Waals surface area contributed by atoms with Crippen LogP contribution < -0.4 is 14.7 Å². The highest BCUT2D eigenvalue weighted by Gasteiger charge is 2.36. The van der Waals surface area contributed by atoms with Gasteiger partial charge in [0.15, 0.2) is 21.9 Å². The number of thiazole rings is 2. The van der Waals surface area contributed by atoms with Gasteiger partial charge >= 0.3 is 0 Å². The highest BCUT2D eigenvalue weighted by molar-refractivity contribution is 9.10. The third-order valence-corrected chi connectivity index (χ3v) is 16.2. The van der Waals surface area contributed by atoms with E-state index in [2.05, 4.69) is 43.1 Å². The van der Waals surface area contributed by atoms with E-state index in [1.807, 2.05) is 34.9 Å². The molecule has 0 radical (unpaired) electrons. The van der Waals surface area contributed by atoms with E-state index in [0.29, 0.717) is 104 Å². The summed E-state index contributed by atoms with van der Waals surface area (Å²) in [5, 5.41) is 39.6. The second-order valence-electron chi connectivity index (χ2n) is 18.6. The maximum atomic E-state index is 15.5. The summed E-state index contributed by atoms with van der Waals surface area (Å²) in [4.78, 5) is 32.3. The molecule has 22 heteroatoms. The zero-order valence-electron chi connectivity index (χ0n) is 39.3. The van der Waals surface area contributed by atoms with Crippen molar-refractivity contribution in [2.45, 2.75) is 43.6 Å². The number of pyridine rings is 2. The first kappa shape index (κ1) is 48.3. The van der Waals surface area contributed by atoms with Crippen molar-refractivity contribution in [2.24, 2.45) is 0 Å². The lowest BCUT2D eigenvalue weighted by molar-refractivity contribution is -0.142. The van der Waals surface area contributed by atoms with Gasteiger partial charge in [-0.2, -0.15) is 20.7 Å². The van der Waals surface area contributed by atoms with Crippen molar-refractivity contribution in [1.29, 1.82) is 10.5 Å². The van der Waals surface area contributed by atoms with Crippen LogP contribution in [0.25, 0.3) is 33.5 Å². The molecule has 2 aliphatic heterocycles. The summed E-state index contributed by atoms with van der Waals surface area (Å²) in [6.07, 6.45) is 6.43. The minimum atomic E-state index is -0.424. The van der Waals surface area contributed by atoms with E-state index in [0.717, 1.165) is 59.5 Å². The van der Waals surface area contributed by atoms with Crippen LogP contribution in [0.5, 0.6) is 0 Å². The third-order valence-electron chi connectivity index (χ3n) is 13.5. The summed E-state index contributed by atoms with van der Waals surface area (Å²) in [7, 11) is 3.75. The van der Waals surface area contributed by atoms with Gasteiger partial charge in [0.1, 0.15) is 44.9 Å². The standard InChI is InChI=1S/C30H30F2N8O2S.C21H14BrF2N5S/c1-36(30-34-27(25(13-33)43-30)18-4-6-20(31)7-5-18)29-24-12-23(22(32)16-40(24)35-28(29)19-2-3-19)38-10-8-37(9-11-38)17-26(42)39-14-21(41)15-39;1-28(21-26-18(17(9-25)30-21)11-4-6-13(23)7-5-11)20-16-8-14(22)15(24)10-29(16)27-19(20)12-2-3-12/h4-7,12,16,19,21,41H,2-3,8-11,14-15,17H2,1H3;4-8,10,12H,2-3H2,1H3. The van der Waals surface area contributed by atoms with Gasteiger partial charge in [-0.25, -0.2) is 36.6 Å². The molecule has 8 heterocycles. The quantitative estimate of drug-likeness (QED) is 0.122. The molecule has 2 aliphatic carbocycles. The number of nitriles is 2. The van der Waals surface area contributed by atoms with Crippen molar-refractivity contribution < 1.29 is 27.5 Å². The number of aliphatic hydroxyl groups excluding tert-OH is 1. The molecule has 4 aliphatic rings. The molecule has 2 saturated heterocycles. The number of carbonyl (C=O) groups is 1. The first-order chi connectivity index (χ1) is 35.2. The fourth-order valence-electron chi connectivity index (χ4n) is 9.25. The number of amides is 1. The molecule has 8 aromatic rings. The molecule has 372 valence electrons. The van der Waals surface area contributed by atoms with E-state index >= 15 is 4.39 Å². The van der Waals surface area contributed by atoms with Crippen LogP contribution in [0.2, 0.25) is 0 Å². The van der Waals surface area contributed by atoms with E-state index < -0.39 is 6.10 Å². The van der Waals surface area contributed by atoms with Crippen LogP contribution in [-0.2, 0) is 4.79 Å². The Morgan fingerprint density at radius 1 is 0.726 bits per heavy atom. The number of hydrogen-bond acceptors (Lipinski definition) is 14. The molecule has 6 aromatic heterocycles. The summed E-state index contributed by atoms with van der Waals surface area (Å²) in [6, 6.07) is 19.8. The molecule has 1 amide bonds. The van der Waals surface area contributed by atoms with Crippen LogP contribution >= 0.6 is 38.6 Å². The average molecular weight is 1090 g/mol. The number of aromatic nitrogens is 6. The van der Waals surface area contributed by atoms with E-state index in [1.54, 1.807) is 44.3 Å². The maximum absolute atomic E-state index is 15.5. The Morgan fingerprint density at radius 2 is 1.19 bits per heavy atom. The van der Waals surface area contributed by atoms with Crippen LogP contribution in [0.3, 0.4) is 0 Å². The molecule has 0 spiro atoms. The second kappa shape index (κ2) is 19.5. The SMILES string of the molecule is CN(c1nc(-c2ccc(F)cc2)c(C#N)s1)c1c(C2CC2)nn2cc(F)c(Br)cc12.CN(c1nc(-c2ccc(F)cc2)c(C#N)s1)c1c(C2CC2)nn2cc(F)c(N3CCN(CC(=O)N4CC(O)C4)CC3)cc12. The van der Waals surface area contributed by atoms with Crippen molar-refractivity contribution in [1.82, 2.24) is 39.0 Å². The topological polar surface area (TPSA) is 161 Å². The minimum absolute atomic E-state index is 0.00946. The van der Waals surface area contributed by atoms with Crippen LogP contribution in [0.1, 0.15) is 58.7 Å². The van der Waals surface area contributed by atoms with Crippen molar-refractivity contribution in [2.75, 3.05) is 74.6 Å². The molecule has 0 unspecified atom stereocenters. The molecular formula is C51H44BrF4N13O2S2. The number of hydrogen-bond donors (Lipinski definition) is 1. The first-order valence-electron chi connectivity index (χ1n) is 23.6. The lowest BCUT2D eigenvalue weighted by Gasteiger charge is -2.39. The van der Waals surface area contributed by atoms with Gasteiger partial charge in [0, 0.05) is 76.3 Å². The number of piperazine rings is 1. The van der Waals surface area contributed by atoms with E-state index in [9.17, 15) is 33.6 Å². The number of fused-ring (bicyclic) bond motifs is 2. The van der Waals surface area contributed by atoms with Crippen molar-refractivity contribution >= 4 is 82.9 Å². The van der Waals surface area contributed by atoms with Gasteiger partial charge in [0.05, 0.1) is 69.0 Å². The number of anilines is 5. The summed E-state index contributed by atoms with van der Waals surface area (Å²) < 4.78 is 59.9. The molecule has 1 N–H and O–H groups in total. The fourth-order valence-corrected chi connectivity index (χ4v) is 11.3. The summed E-state index contributed by atoms with van der Waals surface area (Å²) >= 11 is 5.77. The highest BCUT2D eigenvalue weighted by Crippen LogP contribution is 2.49. The van der Waals surface area contributed by atoms with E-state index in [-0.39, 0.29) is 35.1 Å². The smallest absolute Gasteiger partial charge is 0.236 e. The van der Waals surface area contributed by atoms with Gasteiger partial charge in [-0.1, -0.05) is 22.7 Å². The maximum Gasteiger partial charge on any atom is 0.236 e. The Hall–Kier alpha value is -6.95. The Labute approximate surface area is 432 Å². The van der Waals surface area contributed by atoms with Crippen LogP contribution in [-0.4, -0.2) is 116 Å². The van der Waals surface area contributed by atoms with Crippen molar-refractivity contribution in [3.8, 4) is 34.7 Å². The Morgan fingerprint density at radius 3 is 1.64 bits per heavy atom. The number of nitrogens with zero attached hydrogens (tertiary/aromatic N) is 13. The second-order valence-corrected chi connectivity index (χ2v) is 21.4. The predicted molar refractivity (Wildman–Crippen MR) is 274 cm³/mol. The van der Waals surface area contributed by atoms with E-state index in [4.69, 9.17) is 10.1 Å². The zero-order valence-corrected chi connectivity index (χ0v) is 42.5. The first-order valence-corrected chi connectivity index (χ1v) is 26.0. The third kappa shape index (κ3) is 9.49. The average Bonchev–Trinajstić information content (AvgIpc) is 4.25. The molecule has 15 nitrogen and oxygen atoms in total. The Bertz CT molecular complexity index is 3510. The van der Waals surface area contributed by atoms with Gasteiger partial charge in [-0.05, 0) is 102 Å². The molecule has 0 bridgehead atoms. The number of halogens is 5. The number of rotatable bonds is 11. The van der Waals surface area contributed by atoms with Crippen LogP contribution in [0.15, 0.2) is 77.5 Å². The molecule has 0 atom stereocenters. The number of carbonyl (C=O) groups excluding carboxylic acids is 1. The number of likely N-dealkylation sites (tertiary alicyclic amines) is 1. The van der Waals surface area contributed by atoms with Gasteiger partial charge < -0.3 is 24.7 Å². The summed E-state index contributed by atoms with van der Waals surface area (Å²) in [5.74, 6) is -0.856. The van der Waals surface area contributed by atoms with E-state index in [1.165, 1.54) is 59.3 Å². The predicted octanol–water partition coefficient (Wildman–Crippen LogP) is 9.59. The van der Waals surface area contributed by atoms with Gasteiger partial charge in [-0.3, -0.25) is 9.69 Å². The Balaban J connectivity index is 0.000000168. The number of benzene rings is 2. The van der Waals surface area contributed by atoms with Crippen molar-refractivity contribution in [3.05, 3.63) is 122 Å². The molecule has 2 saturated carbocycles. The molecule has 73 heavy (non-hydrogen) atoms. The van der Waals surface area contributed by atoms with Crippen LogP contribution in [0, 0.1) is 45.9 Å².